The molecule has 2 aromatic rings. The van der Waals surface area contributed by atoms with Crippen molar-refractivity contribution in [2.45, 2.75) is 26.7 Å². The Balaban J connectivity index is 2.24. The Labute approximate surface area is 122 Å². The van der Waals surface area contributed by atoms with Gasteiger partial charge in [0, 0.05) is 0 Å². The molecule has 0 fully saturated rings. The van der Waals surface area contributed by atoms with E-state index in [2.05, 4.69) is 69.5 Å². The molecule has 0 nitrogen and oxygen atoms in total. The number of benzene rings is 2. The van der Waals surface area contributed by atoms with Crippen molar-refractivity contribution >= 4 is 11.6 Å². The largest absolute Gasteiger partial charge is 0.0985 e. The molecule has 0 amide bonds. The Morgan fingerprint density at radius 1 is 1.15 bits per heavy atom. The van der Waals surface area contributed by atoms with Gasteiger partial charge in [-0.05, 0) is 59.2 Å². The quantitative estimate of drug-likeness (QED) is 0.671. The van der Waals surface area contributed by atoms with Crippen LogP contribution in [0.5, 0.6) is 0 Å². The van der Waals surface area contributed by atoms with Crippen molar-refractivity contribution in [1.82, 2.24) is 0 Å². The molecule has 20 heavy (non-hydrogen) atoms. The lowest BCUT2D eigenvalue weighted by Gasteiger charge is -2.11. The highest BCUT2D eigenvalue weighted by Gasteiger charge is 2.05. The Kier molecular flexibility index (Phi) is 4.57. The van der Waals surface area contributed by atoms with Crippen LogP contribution in [0.15, 0.2) is 55.6 Å². The minimum absolute atomic E-state index is 0.903. The van der Waals surface area contributed by atoms with Crippen LogP contribution >= 0.6 is 0 Å². The van der Waals surface area contributed by atoms with E-state index in [1.807, 2.05) is 6.08 Å². The van der Waals surface area contributed by atoms with E-state index in [1.54, 1.807) is 0 Å². The van der Waals surface area contributed by atoms with Crippen molar-refractivity contribution in [1.29, 1.82) is 0 Å². The van der Waals surface area contributed by atoms with E-state index in [0.29, 0.717) is 0 Å². The van der Waals surface area contributed by atoms with Gasteiger partial charge in [-0.3, -0.25) is 0 Å². The van der Waals surface area contributed by atoms with Crippen LogP contribution in [-0.2, 0) is 12.8 Å². The molecule has 0 unspecified atom stereocenters. The van der Waals surface area contributed by atoms with Crippen LogP contribution in [0, 0.1) is 6.92 Å². The van der Waals surface area contributed by atoms with Gasteiger partial charge in [0.25, 0.3) is 0 Å². The van der Waals surface area contributed by atoms with E-state index in [1.165, 1.54) is 22.3 Å². The van der Waals surface area contributed by atoms with Crippen molar-refractivity contribution in [3.05, 3.63) is 83.4 Å². The summed E-state index contributed by atoms with van der Waals surface area (Å²) in [5.41, 5.74) is 7.59. The first-order valence-electron chi connectivity index (χ1n) is 7.13. The molecule has 0 saturated heterocycles. The van der Waals surface area contributed by atoms with Crippen LogP contribution in [0.4, 0.5) is 0 Å². The summed E-state index contributed by atoms with van der Waals surface area (Å²) < 4.78 is 0. The summed E-state index contributed by atoms with van der Waals surface area (Å²) in [4.78, 5) is 0. The summed E-state index contributed by atoms with van der Waals surface area (Å²) in [6.07, 6.45) is 3.85. The van der Waals surface area contributed by atoms with Crippen LogP contribution in [0.2, 0.25) is 0 Å². The third kappa shape index (κ3) is 3.27. The summed E-state index contributed by atoms with van der Waals surface area (Å²) in [7, 11) is 0. The molecule has 0 heterocycles. The van der Waals surface area contributed by atoms with Gasteiger partial charge in [-0.1, -0.05) is 62.6 Å². The van der Waals surface area contributed by atoms with Crippen molar-refractivity contribution in [3.8, 4) is 0 Å². The second kappa shape index (κ2) is 6.38. The van der Waals surface area contributed by atoms with Gasteiger partial charge in [0.05, 0.1) is 0 Å². The summed E-state index contributed by atoms with van der Waals surface area (Å²) in [5.74, 6) is 0. The highest BCUT2D eigenvalue weighted by molar-refractivity contribution is 5.68. The number of allylic oxidation sites excluding steroid dienone is 1. The average molecular weight is 262 g/mol. The van der Waals surface area contributed by atoms with Crippen molar-refractivity contribution < 1.29 is 0 Å². The Bertz CT molecular complexity index is 632. The fourth-order valence-electron chi connectivity index (χ4n) is 2.35. The molecule has 0 saturated carbocycles. The van der Waals surface area contributed by atoms with Crippen molar-refractivity contribution in [2.75, 3.05) is 0 Å². The van der Waals surface area contributed by atoms with Crippen LogP contribution in [0.3, 0.4) is 0 Å². The van der Waals surface area contributed by atoms with Gasteiger partial charge < -0.3 is 0 Å². The minimum Gasteiger partial charge on any atom is -0.0985 e. The molecule has 0 aliphatic carbocycles. The van der Waals surface area contributed by atoms with Gasteiger partial charge in [-0.25, -0.2) is 0 Å². The average Bonchev–Trinajstić information content (AvgIpc) is 2.49. The third-order valence-corrected chi connectivity index (χ3v) is 3.76. The summed E-state index contributed by atoms with van der Waals surface area (Å²) in [6, 6.07) is 15.1. The maximum absolute atomic E-state index is 4.26. The molecule has 0 bridgehead atoms. The molecule has 102 valence electrons. The zero-order valence-corrected chi connectivity index (χ0v) is 12.4. The van der Waals surface area contributed by atoms with E-state index < -0.39 is 0 Å². The topological polar surface area (TPSA) is 0 Å². The number of hydrogen-bond acceptors (Lipinski definition) is 0. The summed E-state index contributed by atoms with van der Waals surface area (Å²) >= 11 is 0. The van der Waals surface area contributed by atoms with Crippen molar-refractivity contribution in [2.24, 2.45) is 0 Å². The molecule has 0 spiro atoms. The predicted molar refractivity (Wildman–Crippen MR) is 89.8 cm³/mol. The first-order chi connectivity index (χ1) is 9.63. The fraction of sp³-hybridized carbons (Fsp3) is 0.200. The van der Waals surface area contributed by atoms with Crippen LogP contribution < -0.4 is 0 Å². The van der Waals surface area contributed by atoms with E-state index in [0.717, 1.165) is 24.0 Å². The molecule has 0 heteroatoms. The molecular weight excluding hydrogens is 240 g/mol. The van der Waals surface area contributed by atoms with E-state index in [-0.39, 0.29) is 0 Å². The van der Waals surface area contributed by atoms with Gasteiger partial charge in [0.1, 0.15) is 0 Å². The second-order valence-corrected chi connectivity index (χ2v) is 5.22. The number of rotatable bonds is 5. The van der Waals surface area contributed by atoms with E-state index >= 15 is 0 Å². The molecule has 0 atom stereocenters. The summed E-state index contributed by atoms with van der Waals surface area (Å²) in [6.45, 7) is 12.4. The van der Waals surface area contributed by atoms with Gasteiger partial charge in [0.15, 0.2) is 0 Å². The number of aryl methyl sites for hydroxylation is 2. The first-order valence-corrected chi connectivity index (χ1v) is 7.13. The Morgan fingerprint density at radius 2 is 1.95 bits per heavy atom. The molecule has 0 N–H and O–H groups in total. The molecule has 0 aliphatic rings. The van der Waals surface area contributed by atoms with Gasteiger partial charge in [-0.2, -0.15) is 0 Å². The van der Waals surface area contributed by atoms with Gasteiger partial charge in [0.2, 0.25) is 0 Å². The molecule has 0 aliphatic heterocycles. The van der Waals surface area contributed by atoms with Crippen LogP contribution in [0.25, 0.3) is 11.6 Å². The highest BCUT2D eigenvalue weighted by atomic mass is 14.1. The van der Waals surface area contributed by atoms with Crippen LogP contribution in [0.1, 0.15) is 34.7 Å². The third-order valence-electron chi connectivity index (χ3n) is 3.76. The lowest BCUT2D eigenvalue weighted by molar-refractivity contribution is 1.11. The fourth-order valence-corrected chi connectivity index (χ4v) is 2.35. The van der Waals surface area contributed by atoms with Crippen LogP contribution in [-0.4, -0.2) is 0 Å². The SMILES string of the molecule is C=Cc1cccc(C(=C)Cc2cc(CC)ccc2C)c1. The lowest BCUT2D eigenvalue weighted by atomic mass is 9.94. The molecule has 2 rings (SSSR count). The monoisotopic (exact) mass is 262 g/mol. The zero-order valence-electron chi connectivity index (χ0n) is 12.4. The van der Waals surface area contributed by atoms with Crippen molar-refractivity contribution in [3.63, 3.8) is 0 Å². The first kappa shape index (κ1) is 14.3. The molecular formula is C20H22. The minimum atomic E-state index is 0.903. The standard InChI is InChI=1S/C20H22/c1-5-17-8-7-9-19(13-17)16(4)12-20-14-18(6-2)11-10-15(20)3/h5,7-11,13-14H,1,4,6,12H2,2-3H3. The smallest absolute Gasteiger partial charge is 0.00230 e. The zero-order chi connectivity index (χ0) is 14.5. The number of hydrogen-bond donors (Lipinski definition) is 0. The lowest BCUT2D eigenvalue weighted by Crippen LogP contribution is -1.95. The van der Waals surface area contributed by atoms with E-state index in [4.69, 9.17) is 0 Å². The van der Waals surface area contributed by atoms with Gasteiger partial charge in [-0.15, -0.1) is 0 Å². The predicted octanol–water partition coefficient (Wildman–Crippen LogP) is 5.46. The summed E-state index contributed by atoms with van der Waals surface area (Å²) in [5, 5.41) is 0. The van der Waals surface area contributed by atoms with E-state index in [9.17, 15) is 0 Å². The Hall–Kier alpha value is -2.08. The molecule has 2 aromatic carbocycles. The molecule has 0 radical (unpaired) electrons. The maximum atomic E-state index is 4.26. The normalized spacial score (nSPS) is 10.3. The second-order valence-electron chi connectivity index (χ2n) is 5.22. The van der Waals surface area contributed by atoms with Gasteiger partial charge >= 0.3 is 0 Å². The molecule has 0 aromatic heterocycles. The Morgan fingerprint density at radius 3 is 2.65 bits per heavy atom. The maximum Gasteiger partial charge on any atom is -0.00230 e. The highest BCUT2D eigenvalue weighted by Crippen LogP contribution is 2.22.